The van der Waals surface area contributed by atoms with Gasteiger partial charge in [-0.3, -0.25) is 9.20 Å². The number of aliphatic carboxylic acids is 1. The summed E-state index contributed by atoms with van der Waals surface area (Å²) >= 11 is 1.42. The van der Waals surface area contributed by atoms with E-state index in [1.807, 2.05) is 29.0 Å². The number of fused-ring (bicyclic) bond motifs is 1. The molecule has 0 fully saturated rings. The van der Waals surface area contributed by atoms with Crippen molar-refractivity contribution in [2.75, 3.05) is 6.26 Å². The Morgan fingerprint density at radius 2 is 2.10 bits per heavy atom. The van der Waals surface area contributed by atoms with E-state index in [2.05, 4.69) is 10.3 Å². The fourth-order valence-electron chi connectivity index (χ4n) is 2.04. The molecule has 0 saturated heterocycles. The normalized spacial score (nSPS) is 12.6. The quantitative estimate of drug-likeness (QED) is 0.824. The van der Waals surface area contributed by atoms with Crippen LogP contribution in [-0.4, -0.2) is 38.7 Å². The number of rotatable bonds is 5. The number of hydrogen-bond donors (Lipinski definition) is 2. The lowest BCUT2D eigenvalue weighted by atomic mass is 10.0. The van der Waals surface area contributed by atoms with Gasteiger partial charge >= 0.3 is 5.97 Å². The summed E-state index contributed by atoms with van der Waals surface area (Å²) in [6.07, 6.45) is 3.69. The fourth-order valence-corrected chi connectivity index (χ4v) is 2.58. The minimum atomic E-state index is -1.05. The number of nitrogens with one attached hydrogen (secondary N) is 1. The minimum absolute atomic E-state index is 0.208. The highest BCUT2D eigenvalue weighted by molar-refractivity contribution is 7.98. The first-order valence-electron chi connectivity index (χ1n) is 6.50. The van der Waals surface area contributed by atoms with Crippen LogP contribution < -0.4 is 5.32 Å². The van der Waals surface area contributed by atoms with Crippen LogP contribution >= 0.6 is 11.8 Å². The summed E-state index contributed by atoms with van der Waals surface area (Å²) in [4.78, 5) is 27.8. The highest BCUT2D eigenvalue weighted by atomic mass is 32.2. The zero-order valence-corrected chi connectivity index (χ0v) is 12.8. The van der Waals surface area contributed by atoms with E-state index in [-0.39, 0.29) is 11.6 Å². The number of carboxylic acids is 1. The lowest BCUT2D eigenvalue weighted by molar-refractivity contribution is -0.140. The summed E-state index contributed by atoms with van der Waals surface area (Å²) in [5, 5.41) is 12.4. The standard InChI is InChI=1S/C14H17N3O3S/c1-8(2)10(13(19)20)15-12(18)11-9-6-4-5-7-17(9)14(16-11)21-3/h4-8,10H,1-3H3,(H,15,18)(H,19,20). The lowest BCUT2D eigenvalue weighted by Gasteiger charge is -2.17. The third kappa shape index (κ3) is 3.02. The van der Waals surface area contributed by atoms with Crippen LogP contribution in [0.4, 0.5) is 0 Å². The molecule has 1 atom stereocenters. The first-order valence-corrected chi connectivity index (χ1v) is 7.73. The van der Waals surface area contributed by atoms with Gasteiger partial charge in [-0.05, 0) is 24.3 Å². The number of thioether (sulfide) groups is 1. The summed E-state index contributed by atoms with van der Waals surface area (Å²) in [6.45, 7) is 3.50. The van der Waals surface area contributed by atoms with E-state index in [1.165, 1.54) is 11.8 Å². The van der Waals surface area contributed by atoms with Crippen LogP contribution in [0.3, 0.4) is 0 Å². The summed E-state index contributed by atoms with van der Waals surface area (Å²) in [5.41, 5.74) is 0.902. The van der Waals surface area contributed by atoms with Gasteiger partial charge in [0.25, 0.3) is 5.91 Å². The number of hydrogen-bond acceptors (Lipinski definition) is 4. The smallest absolute Gasteiger partial charge is 0.326 e. The van der Waals surface area contributed by atoms with E-state index in [1.54, 1.807) is 19.9 Å². The number of carbonyl (C=O) groups is 2. The van der Waals surface area contributed by atoms with Crippen molar-refractivity contribution in [1.29, 1.82) is 0 Å². The van der Waals surface area contributed by atoms with Gasteiger partial charge in [0.15, 0.2) is 10.9 Å². The SMILES string of the molecule is CSc1nc(C(=O)NC(C(=O)O)C(C)C)c2ccccn12. The van der Waals surface area contributed by atoms with E-state index < -0.39 is 17.9 Å². The number of aromatic nitrogens is 2. The Morgan fingerprint density at radius 1 is 1.38 bits per heavy atom. The Kier molecular flexibility index (Phi) is 4.52. The number of carboxylic acid groups (broad SMARTS) is 1. The van der Waals surface area contributed by atoms with Gasteiger partial charge < -0.3 is 10.4 Å². The molecule has 7 heteroatoms. The second-order valence-corrected chi connectivity index (χ2v) is 5.71. The molecule has 0 bridgehead atoms. The van der Waals surface area contributed by atoms with E-state index in [9.17, 15) is 9.59 Å². The van der Waals surface area contributed by atoms with Gasteiger partial charge in [0, 0.05) is 6.20 Å². The number of pyridine rings is 1. The van der Waals surface area contributed by atoms with Crippen molar-refractivity contribution in [2.45, 2.75) is 25.0 Å². The van der Waals surface area contributed by atoms with Gasteiger partial charge in [-0.25, -0.2) is 9.78 Å². The van der Waals surface area contributed by atoms with Crippen molar-refractivity contribution in [3.05, 3.63) is 30.1 Å². The molecule has 0 spiro atoms. The zero-order chi connectivity index (χ0) is 15.6. The van der Waals surface area contributed by atoms with Crippen molar-refractivity contribution < 1.29 is 14.7 Å². The molecular weight excluding hydrogens is 290 g/mol. The third-order valence-corrected chi connectivity index (χ3v) is 3.79. The number of imidazole rings is 1. The Hall–Kier alpha value is -2.02. The lowest BCUT2D eigenvalue weighted by Crippen LogP contribution is -2.44. The van der Waals surface area contributed by atoms with Gasteiger partial charge in [0.05, 0.1) is 5.52 Å². The van der Waals surface area contributed by atoms with Crippen molar-refractivity contribution in [3.8, 4) is 0 Å². The highest BCUT2D eigenvalue weighted by Gasteiger charge is 2.26. The van der Waals surface area contributed by atoms with Crippen molar-refractivity contribution in [3.63, 3.8) is 0 Å². The average molecular weight is 307 g/mol. The molecule has 1 amide bonds. The molecule has 2 aromatic heterocycles. The molecule has 0 aromatic carbocycles. The molecule has 2 N–H and O–H groups in total. The highest BCUT2D eigenvalue weighted by Crippen LogP contribution is 2.20. The third-order valence-electron chi connectivity index (χ3n) is 3.13. The van der Waals surface area contributed by atoms with E-state index >= 15 is 0 Å². The topological polar surface area (TPSA) is 83.7 Å². The van der Waals surface area contributed by atoms with Crippen LogP contribution in [0.25, 0.3) is 5.52 Å². The second kappa shape index (κ2) is 6.17. The Morgan fingerprint density at radius 3 is 2.67 bits per heavy atom. The van der Waals surface area contributed by atoms with E-state index in [0.29, 0.717) is 10.7 Å². The molecule has 1 unspecified atom stereocenters. The number of carbonyl (C=O) groups excluding carboxylic acids is 1. The van der Waals surface area contributed by atoms with Crippen LogP contribution in [0.15, 0.2) is 29.6 Å². The van der Waals surface area contributed by atoms with Crippen LogP contribution in [0.1, 0.15) is 24.3 Å². The molecule has 2 heterocycles. The summed E-state index contributed by atoms with van der Waals surface area (Å²) in [6, 6.07) is 4.52. The zero-order valence-electron chi connectivity index (χ0n) is 12.0. The van der Waals surface area contributed by atoms with Gasteiger partial charge in [0.2, 0.25) is 0 Å². The molecular formula is C14H17N3O3S. The second-order valence-electron chi connectivity index (χ2n) is 4.94. The maximum atomic E-state index is 12.3. The van der Waals surface area contributed by atoms with Gasteiger partial charge in [-0.2, -0.15) is 0 Å². The number of nitrogens with zero attached hydrogens (tertiary/aromatic N) is 2. The Labute approximate surface area is 126 Å². The molecule has 0 saturated carbocycles. The van der Waals surface area contributed by atoms with Crippen LogP contribution in [0, 0.1) is 5.92 Å². The fraction of sp³-hybridized carbons (Fsp3) is 0.357. The Bertz CT molecular complexity index is 681. The van der Waals surface area contributed by atoms with Gasteiger partial charge in [-0.15, -0.1) is 0 Å². The first-order chi connectivity index (χ1) is 9.95. The monoisotopic (exact) mass is 307 g/mol. The molecule has 0 aliphatic rings. The molecule has 21 heavy (non-hydrogen) atoms. The minimum Gasteiger partial charge on any atom is -0.480 e. The summed E-state index contributed by atoms with van der Waals surface area (Å²) in [7, 11) is 0. The van der Waals surface area contributed by atoms with Gasteiger partial charge in [-0.1, -0.05) is 31.7 Å². The van der Waals surface area contributed by atoms with Crippen LogP contribution in [0.5, 0.6) is 0 Å². The maximum Gasteiger partial charge on any atom is 0.326 e. The molecule has 112 valence electrons. The molecule has 0 aliphatic carbocycles. The van der Waals surface area contributed by atoms with Crippen molar-refractivity contribution in [1.82, 2.24) is 14.7 Å². The van der Waals surface area contributed by atoms with E-state index in [0.717, 1.165) is 0 Å². The average Bonchev–Trinajstić information content (AvgIpc) is 2.82. The predicted molar refractivity (Wildman–Crippen MR) is 80.7 cm³/mol. The predicted octanol–water partition coefficient (Wildman–Crippen LogP) is 1.90. The van der Waals surface area contributed by atoms with Crippen molar-refractivity contribution >= 4 is 29.2 Å². The largest absolute Gasteiger partial charge is 0.480 e. The Balaban J connectivity index is 2.38. The molecule has 6 nitrogen and oxygen atoms in total. The number of amides is 1. The molecule has 2 aromatic rings. The van der Waals surface area contributed by atoms with Crippen LogP contribution in [0.2, 0.25) is 0 Å². The van der Waals surface area contributed by atoms with Gasteiger partial charge in [0.1, 0.15) is 6.04 Å². The maximum absolute atomic E-state index is 12.3. The van der Waals surface area contributed by atoms with E-state index in [4.69, 9.17) is 5.11 Å². The molecule has 2 rings (SSSR count). The first kappa shape index (κ1) is 15.4. The summed E-state index contributed by atoms with van der Waals surface area (Å²) < 4.78 is 1.81. The molecule has 0 aliphatic heterocycles. The molecule has 0 radical (unpaired) electrons. The summed E-state index contributed by atoms with van der Waals surface area (Å²) in [5.74, 6) is -1.73. The van der Waals surface area contributed by atoms with Crippen LogP contribution in [-0.2, 0) is 4.79 Å². The van der Waals surface area contributed by atoms with Crippen molar-refractivity contribution in [2.24, 2.45) is 5.92 Å².